The fourth-order valence-corrected chi connectivity index (χ4v) is 2.21. The zero-order valence-electron chi connectivity index (χ0n) is 10.2. The predicted molar refractivity (Wildman–Crippen MR) is 75.3 cm³/mol. The average Bonchev–Trinajstić information content (AvgIpc) is 2.85. The lowest BCUT2D eigenvalue weighted by Crippen LogP contribution is -2.06. The lowest BCUT2D eigenvalue weighted by atomic mass is 10.2. The van der Waals surface area contributed by atoms with E-state index in [1.54, 1.807) is 12.1 Å². The normalized spacial score (nSPS) is 10.7. The minimum absolute atomic E-state index is 0.148. The molecule has 2 aromatic rings. The quantitative estimate of drug-likeness (QED) is 0.850. The fourth-order valence-electron chi connectivity index (χ4n) is 1.47. The molecule has 6 heteroatoms. The van der Waals surface area contributed by atoms with Crippen molar-refractivity contribution in [2.75, 3.05) is 5.32 Å². The number of benzene rings is 1. The minimum atomic E-state index is -1.04. The Kier molecular flexibility index (Phi) is 4.27. The van der Waals surface area contributed by atoms with Gasteiger partial charge >= 0.3 is 5.97 Å². The van der Waals surface area contributed by atoms with Crippen LogP contribution in [0.2, 0.25) is 0 Å². The lowest BCUT2D eigenvalue weighted by Gasteiger charge is -1.97. The Morgan fingerprint density at radius 3 is 2.70 bits per heavy atom. The van der Waals surface area contributed by atoms with E-state index in [0.29, 0.717) is 10.6 Å². The molecule has 0 atom stereocenters. The van der Waals surface area contributed by atoms with Gasteiger partial charge in [-0.1, -0.05) is 12.1 Å². The molecule has 0 fully saturated rings. The molecule has 0 aliphatic carbocycles. The smallest absolute Gasteiger partial charge is 0.345 e. The first kappa shape index (κ1) is 14.0. The van der Waals surface area contributed by atoms with E-state index in [-0.39, 0.29) is 10.7 Å². The van der Waals surface area contributed by atoms with Crippen molar-refractivity contribution in [1.82, 2.24) is 0 Å². The third kappa shape index (κ3) is 3.76. The lowest BCUT2D eigenvalue weighted by molar-refractivity contribution is -0.111. The number of aromatic carboxylic acids is 1. The van der Waals surface area contributed by atoms with E-state index in [1.165, 1.54) is 36.4 Å². The maximum Gasteiger partial charge on any atom is 0.345 e. The molecule has 0 saturated heterocycles. The first-order valence-electron chi connectivity index (χ1n) is 5.62. The Labute approximate surface area is 118 Å². The Balaban J connectivity index is 1.99. The maximum absolute atomic E-state index is 12.9. The van der Waals surface area contributed by atoms with Gasteiger partial charge in [-0.25, -0.2) is 9.18 Å². The summed E-state index contributed by atoms with van der Waals surface area (Å²) in [6, 6.07) is 8.76. The van der Waals surface area contributed by atoms with Gasteiger partial charge in [0.25, 0.3) is 0 Å². The van der Waals surface area contributed by atoms with E-state index in [1.807, 2.05) is 0 Å². The number of halogens is 1. The molecule has 4 nitrogen and oxygen atoms in total. The van der Waals surface area contributed by atoms with Gasteiger partial charge in [-0.15, -0.1) is 11.3 Å². The summed E-state index contributed by atoms with van der Waals surface area (Å²) in [5, 5.41) is 11.7. The molecule has 1 amide bonds. The predicted octanol–water partition coefficient (Wildman–Crippen LogP) is 3.24. The van der Waals surface area contributed by atoms with Crippen molar-refractivity contribution >= 4 is 34.3 Å². The topological polar surface area (TPSA) is 66.4 Å². The number of hydrogen-bond acceptors (Lipinski definition) is 3. The molecule has 0 aliphatic rings. The van der Waals surface area contributed by atoms with Crippen molar-refractivity contribution in [3.05, 3.63) is 58.7 Å². The zero-order chi connectivity index (χ0) is 14.5. The Morgan fingerprint density at radius 2 is 2.05 bits per heavy atom. The molecular weight excluding hydrogens is 281 g/mol. The van der Waals surface area contributed by atoms with E-state index in [4.69, 9.17) is 5.11 Å². The van der Waals surface area contributed by atoms with Crippen molar-refractivity contribution in [3.8, 4) is 0 Å². The molecule has 20 heavy (non-hydrogen) atoms. The summed E-state index contributed by atoms with van der Waals surface area (Å²) < 4.78 is 12.9. The second kappa shape index (κ2) is 6.12. The van der Waals surface area contributed by atoms with E-state index >= 15 is 0 Å². The molecule has 0 unspecified atom stereocenters. The van der Waals surface area contributed by atoms with Gasteiger partial charge in [0.2, 0.25) is 5.91 Å². The highest BCUT2D eigenvalue weighted by Gasteiger charge is 2.07. The van der Waals surface area contributed by atoms with Crippen LogP contribution >= 0.6 is 11.3 Å². The van der Waals surface area contributed by atoms with Crippen LogP contribution < -0.4 is 5.32 Å². The van der Waals surface area contributed by atoms with Crippen molar-refractivity contribution in [1.29, 1.82) is 0 Å². The summed E-state index contributed by atoms with van der Waals surface area (Å²) in [7, 11) is 0. The minimum Gasteiger partial charge on any atom is -0.477 e. The Morgan fingerprint density at radius 1 is 1.25 bits per heavy atom. The highest BCUT2D eigenvalue weighted by atomic mass is 32.1. The number of rotatable bonds is 4. The number of nitrogens with one attached hydrogen (secondary N) is 1. The SMILES string of the molecule is O=C(/C=C/c1cccc(F)c1)Nc1ccc(C(=O)O)s1. The third-order valence-electron chi connectivity index (χ3n) is 2.34. The van der Waals surface area contributed by atoms with Crippen molar-refractivity contribution < 1.29 is 19.1 Å². The highest BCUT2D eigenvalue weighted by Crippen LogP contribution is 2.21. The van der Waals surface area contributed by atoms with Gasteiger partial charge in [0.15, 0.2) is 0 Å². The van der Waals surface area contributed by atoms with Crippen molar-refractivity contribution in [3.63, 3.8) is 0 Å². The van der Waals surface area contributed by atoms with Crippen LogP contribution in [0.15, 0.2) is 42.5 Å². The standard InChI is InChI=1S/C14H10FNO3S/c15-10-3-1-2-9(8-10)4-6-12(17)16-13-7-5-11(20-13)14(18)19/h1-8H,(H,16,17)(H,18,19)/b6-4+. The second-order valence-electron chi connectivity index (χ2n) is 3.85. The number of hydrogen-bond donors (Lipinski definition) is 2. The number of carbonyl (C=O) groups is 2. The first-order valence-corrected chi connectivity index (χ1v) is 6.44. The number of amides is 1. The first-order chi connectivity index (χ1) is 9.54. The number of anilines is 1. The van der Waals surface area contributed by atoms with Gasteiger partial charge in [0, 0.05) is 6.08 Å². The van der Waals surface area contributed by atoms with Gasteiger partial charge < -0.3 is 10.4 Å². The molecule has 0 spiro atoms. The van der Waals surface area contributed by atoms with Crippen LogP contribution in [-0.2, 0) is 4.79 Å². The summed E-state index contributed by atoms with van der Waals surface area (Å²) in [6.45, 7) is 0. The fraction of sp³-hybridized carbons (Fsp3) is 0. The van der Waals surface area contributed by atoms with E-state index in [2.05, 4.69) is 5.32 Å². The molecule has 2 rings (SSSR count). The van der Waals surface area contributed by atoms with Crippen LogP contribution in [-0.4, -0.2) is 17.0 Å². The van der Waals surface area contributed by atoms with Gasteiger partial charge in [0.05, 0.1) is 5.00 Å². The van der Waals surface area contributed by atoms with Crippen LogP contribution in [0.25, 0.3) is 6.08 Å². The van der Waals surface area contributed by atoms with Gasteiger partial charge in [0.1, 0.15) is 10.7 Å². The summed E-state index contributed by atoms with van der Waals surface area (Å²) in [5.41, 5.74) is 0.567. The molecule has 0 saturated carbocycles. The average molecular weight is 291 g/mol. The van der Waals surface area contributed by atoms with E-state index in [0.717, 1.165) is 11.3 Å². The third-order valence-corrected chi connectivity index (χ3v) is 3.33. The monoisotopic (exact) mass is 291 g/mol. The van der Waals surface area contributed by atoms with Crippen LogP contribution in [0.3, 0.4) is 0 Å². The molecule has 2 N–H and O–H groups in total. The van der Waals surface area contributed by atoms with Crippen molar-refractivity contribution in [2.45, 2.75) is 0 Å². The van der Waals surface area contributed by atoms with Crippen LogP contribution in [0, 0.1) is 5.82 Å². The molecular formula is C14H10FNO3S. The number of carbonyl (C=O) groups excluding carboxylic acids is 1. The molecule has 1 aromatic heterocycles. The van der Waals surface area contributed by atoms with Crippen molar-refractivity contribution in [2.24, 2.45) is 0 Å². The van der Waals surface area contributed by atoms with Crippen LogP contribution in [0.4, 0.5) is 9.39 Å². The maximum atomic E-state index is 12.9. The number of carboxylic acid groups (broad SMARTS) is 1. The molecule has 1 heterocycles. The Hall–Kier alpha value is -2.47. The molecule has 1 aromatic carbocycles. The molecule has 0 radical (unpaired) electrons. The van der Waals surface area contributed by atoms with Crippen LogP contribution in [0.5, 0.6) is 0 Å². The van der Waals surface area contributed by atoms with Crippen LogP contribution in [0.1, 0.15) is 15.2 Å². The van der Waals surface area contributed by atoms with Gasteiger partial charge in [-0.3, -0.25) is 4.79 Å². The van der Waals surface area contributed by atoms with Gasteiger partial charge in [-0.05, 0) is 35.9 Å². The van der Waals surface area contributed by atoms with E-state index < -0.39 is 11.9 Å². The summed E-state index contributed by atoms with van der Waals surface area (Å²) in [5.74, 6) is -1.82. The highest BCUT2D eigenvalue weighted by molar-refractivity contribution is 7.18. The summed E-state index contributed by atoms with van der Waals surface area (Å²) in [6.07, 6.45) is 2.74. The zero-order valence-corrected chi connectivity index (χ0v) is 11.0. The molecule has 102 valence electrons. The Bertz CT molecular complexity index is 679. The molecule has 0 bridgehead atoms. The van der Waals surface area contributed by atoms with E-state index in [9.17, 15) is 14.0 Å². The summed E-state index contributed by atoms with van der Waals surface area (Å²) in [4.78, 5) is 22.5. The number of carboxylic acids is 1. The molecule has 0 aliphatic heterocycles. The second-order valence-corrected chi connectivity index (χ2v) is 4.93. The summed E-state index contributed by atoms with van der Waals surface area (Å²) >= 11 is 0.968. The largest absolute Gasteiger partial charge is 0.477 e. The van der Waals surface area contributed by atoms with Gasteiger partial charge in [-0.2, -0.15) is 0 Å². The number of thiophene rings is 1.